The minimum atomic E-state index is 0.336. The Balaban J connectivity index is 1.84. The standard InChI is InChI=1S/C15H25NO/c1-11(2)6-9-14(13-7-8-13)16-12(3)15-5-4-10-17-15/h4-5,10-14,16H,6-9H2,1-3H3/t12-,14?/m1/s1. The highest BCUT2D eigenvalue weighted by atomic mass is 16.3. The number of rotatable bonds is 7. The molecule has 17 heavy (non-hydrogen) atoms. The highest BCUT2D eigenvalue weighted by Gasteiger charge is 2.32. The van der Waals surface area contributed by atoms with E-state index in [-0.39, 0.29) is 0 Å². The fourth-order valence-electron chi connectivity index (χ4n) is 2.41. The summed E-state index contributed by atoms with van der Waals surface area (Å²) in [5, 5.41) is 3.74. The Kier molecular flexibility index (Phi) is 4.27. The maximum atomic E-state index is 5.46. The lowest BCUT2D eigenvalue weighted by atomic mass is 9.99. The molecule has 0 amide bonds. The summed E-state index contributed by atoms with van der Waals surface area (Å²) in [5.74, 6) is 2.77. The van der Waals surface area contributed by atoms with Crippen LogP contribution in [-0.2, 0) is 0 Å². The number of hydrogen-bond donors (Lipinski definition) is 1. The zero-order valence-corrected chi connectivity index (χ0v) is 11.3. The Morgan fingerprint density at radius 1 is 1.29 bits per heavy atom. The van der Waals surface area contributed by atoms with Crippen LogP contribution in [0.5, 0.6) is 0 Å². The first-order valence-corrected chi connectivity index (χ1v) is 6.96. The molecule has 0 bridgehead atoms. The Morgan fingerprint density at radius 3 is 2.59 bits per heavy atom. The molecule has 0 saturated heterocycles. The van der Waals surface area contributed by atoms with E-state index in [1.807, 2.05) is 6.07 Å². The van der Waals surface area contributed by atoms with Crippen LogP contribution in [-0.4, -0.2) is 6.04 Å². The van der Waals surface area contributed by atoms with Gasteiger partial charge >= 0.3 is 0 Å². The molecule has 96 valence electrons. The molecule has 2 heteroatoms. The van der Waals surface area contributed by atoms with Gasteiger partial charge in [-0.25, -0.2) is 0 Å². The van der Waals surface area contributed by atoms with Gasteiger partial charge in [0.05, 0.1) is 12.3 Å². The van der Waals surface area contributed by atoms with E-state index >= 15 is 0 Å². The average molecular weight is 235 g/mol. The van der Waals surface area contributed by atoms with Gasteiger partial charge in [-0.2, -0.15) is 0 Å². The number of furan rings is 1. The summed E-state index contributed by atoms with van der Waals surface area (Å²) in [6, 6.07) is 5.04. The van der Waals surface area contributed by atoms with Crippen LogP contribution in [0.25, 0.3) is 0 Å². The molecule has 0 spiro atoms. The van der Waals surface area contributed by atoms with E-state index in [0.717, 1.165) is 17.6 Å². The van der Waals surface area contributed by atoms with Gasteiger partial charge in [-0.05, 0) is 56.6 Å². The van der Waals surface area contributed by atoms with Crippen LogP contribution in [0, 0.1) is 11.8 Å². The third kappa shape index (κ3) is 3.88. The highest BCUT2D eigenvalue weighted by Crippen LogP contribution is 2.36. The molecule has 1 aliphatic carbocycles. The molecule has 2 atom stereocenters. The van der Waals surface area contributed by atoms with Crippen LogP contribution in [0.2, 0.25) is 0 Å². The highest BCUT2D eigenvalue weighted by molar-refractivity contribution is 5.04. The van der Waals surface area contributed by atoms with Crippen LogP contribution >= 0.6 is 0 Å². The van der Waals surface area contributed by atoms with E-state index in [0.29, 0.717) is 12.1 Å². The fourth-order valence-corrected chi connectivity index (χ4v) is 2.41. The topological polar surface area (TPSA) is 25.2 Å². The minimum Gasteiger partial charge on any atom is -0.468 e. The minimum absolute atomic E-state index is 0.336. The molecule has 1 aliphatic rings. The van der Waals surface area contributed by atoms with Crippen LogP contribution in [0.4, 0.5) is 0 Å². The molecule has 1 aromatic rings. The van der Waals surface area contributed by atoms with Crippen LogP contribution in [0.15, 0.2) is 22.8 Å². The van der Waals surface area contributed by atoms with Crippen molar-refractivity contribution in [2.24, 2.45) is 11.8 Å². The first-order valence-electron chi connectivity index (χ1n) is 6.96. The normalized spacial score (nSPS) is 19.5. The zero-order valence-electron chi connectivity index (χ0n) is 11.3. The average Bonchev–Trinajstić information content (AvgIpc) is 2.98. The van der Waals surface area contributed by atoms with Gasteiger partial charge in [0.1, 0.15) is 5.76 Å². The summed E-state index contributed by atoms with van der Waals surface area (Å²) >= 11 is 0. The van der Waals surface area contributed by atoms with Gasteiger partial charge in [-0.3, -0.25) is 0 Å². The Morgan fingerprint density at radius 2 is 2.06 bits per heavy atom. The summed E-state index contributed by atoms with van der Waals surface area (Å²) in [6.45, 7) is 6.81. The summed E-state index contributed by atoms with van der Waals surface area (Å²) in [7, 11) is 0. The van der Waals surface area contributed by atoms with Gasteiger partial charge in [0.25, 0.3) is 0 Å². The van der Waals surface area contributed by atoms with Gasteiger partial charge in [0.2, 0.25) is 0 Å². The van der Waals surface area contributed by atoms with E-state index < -0.39 is 0 Å². The predicted molar refractivity (Wildman–Crippen MR) is 70.8 cm³/mol. The van der Waals surface area contributed by atoms with Gasteiger partial charge in [-0.15, -0.1) is 0 Å². The predicted octanol–water partition coefficient (Wildman–Crippen LogP) is 4.15. The second kappa shape index (κ2) is 5.72. The van der Waals surface area contributed by atoms with Crippen molar-refractivity contribution in [3.63, 3.8) is 0 Å². The van der Waals surface area contributed by atoms with Gasteiger partial charge < -0.3 is 9.73 Å². The van der Waals surface area contributed by atoms with E-state index in [2.05, 4.69) is 32.2 Å². The molecule has 1 saturated carbocycles. The van der Waals surface area contributed by atoms with Crippen molar-refractivity contribution in [2.45, 2.75) is 58.5 Å². The molecule has 0 aliphatic heterocycles. The van der Waals surface area contributed by atoms with E-state index in [9.17, 15) is 0 Å². The van der Waals surface area contributed by atoms with E-state index in [4.69, 9.17) is 4.42 Å². The lowest BCUT2D eigenvalue weighted by Gasteiger charge is -2.23. The molecule has 1 aromatic heterocycles. The zero-order chi connectivity index (χ0) is 12.3. The number of nitrogens with one attached hydrogen (secondary N) is 1. The fraction of sp³-hybridized carbons (Fsp3) is 0.733. The van der Waals surface area contributed by atoms with Crippen molar-refractivity contribution in [2.75, 3.05) is 0 Å². The van der Waals surface area contributed by atoms with Gasteiger partial charge in [0.15, 0.2) is 0 Å². The van der Waals surface area contributed by atoms with E-state index in [1.165, 1.54) is 25.7 Å². The summed E-state index contributed by atoms with van der Waals surface area (Å²) in [4.78, 5) is 0. The smallest absolute Gasteiger partial charge is 0.120 e. The first-order chi connectivity index (χ1) is 8.16. The molecular formula is C15H25NO. The van der Waals surface area contributed by atoms with Gasteiger partial charge in [0, 0.05) is 6.04 Å². The molecule has 1 heterocycles. The molecule has 2 nitrogen and oxygen atoms in total. The molecule has 1 N–H and O–H groups in total. The monoisotopic (exact) mass is 235 g/mol. The molecule has 2 rings (SSSR count). The molecule has 1 unspecified atom stereocenters. The molecule has 0 radical (unpaired) electrons. The summed E-state index contributed by atoms with van der Waals surface area (Å²) in [6.07, 6.45) is 7.18. The largest absolute Gasteiger partial charge is 0.468 e. The van der Waals surface area contributed by atoms with Crippen molar-refractivity contribution in [1.82, 2.24) is 5.32 Å². The third-order valence-electron chi connectivity index (χ3n) is 3.68. The quantitative estimate of drug-likeness (QED) is 0.768. The summed E-state index contributed by atoms with van der Waals surface area (Å²) in [5.41, 5.74) is 0. The second-order valence-corrected chi connectivity index (χ2v) is 5.82. The lowest BCUT2D eigenvalue weighted by Crippen LogP contribution is -2.33. The van der Waals surface area contributed by atoms with E-state index in [1.54, 1.807) is 6.26 Å². The maximum Gasteiger partial charge on any atom is 0.120 e. The van der Waals surface area contributed by atoms with Crippen molar-refractivity contribution in [1.29, 1.82) is 0 Å². The van der Waals surface area contributed by atoms with Crippen molar-refractivity contribution < 1.29 is 4.42 Å². The molecule has 1 fully saturated rings. The van der Waals surface area contributed by atoms with Crippen LogP contribution < -0.4 is 5.32 Å². The van der Waals surface area contributed by atoms with Crippen molar-refractivity contribution in [3.05, 3.63) is 24.2 Å². The molecular weight excluding hydrogens is 210 g/mol. The SMILES string of the molecule is CC(C)CCC(N[C@H](C)c1ccco1)C1CC1. The maximum absolute atomic E-state index is 5.46. The third-order valence-corrected chi connectivity index (χ3v) is 3.68. The van der Waals surface area contributed by atoms with Crippen LogP contribution in [0.1, 0.15) is 58.3 Å². The number of hydrogen-bond acceptors (Lipinski definition) is 2. The molecule has 0 aromatic carbocycles. The Hall–Kier alpha value is -0.760. The second-order valence-electron chi connectivity index (χ2n) is 5.82. The van der Waals surface area contributed by atoms with Crippen LogP contribution in [0.3, 0.4) is 0 Å². The van der Waals surface area contributed by atoms with Gasteiger partial charge in [-0.1, -0.05) is 13.8 Å². The van der Waals surface area contributed by atoms with Crippen molar-refractivity contribution in [3.8, 4) is 0 Å². The first kappa shape index (κ1) is 12.7. The lowest BCUT2D eigenvalue weighted by molar-refractivity contribution is 0.336. The Bertz CT molecular complexity index is 314. The summed E-state index contributed by atoms with van der Waals surface area (Å²) < 4.78 is 5.46. The Labute approximate surface area is 105 Å². The van der Waals surface area contributed by atoms with Crippen molar-refractivity contribution >= 4 is 0 Å².